The molecule has 1 aliphatic heterocycles. The highest BCUT2D eigenvalue weighted by Crippen LogP contribution is 2.41. The van der Waals surface area contributed by atoms with Gasteiger partial charge in [-0.2, -0.15) is 0 Å². The minimum atomic E-state index is -0.831. The lowest BCUT2D eigenvalue weighted by Gasteiger charge is -2.27. The Labute approximate surface area is 301 Å². The molecule has 1 aliphatic rings. The molecule has 7 nitrogen and oxygen atoms in total. The number of benzene rings is 4. The first kappa shape index (κ1) is 33.5. The van der Waals surface area contributed by atoms with Crippen LogP contribution in [0.5, 0.6) is 11.5 Å². The number of nitrogens with zero attached hydrogens (tertiary/aromatic N) is 2. The Morgan fingerprint density at radius 1 is 1.06 bits per heavy atom. The molecule has 5 aromatic rings. The van der Waals surface area contributed by atoms with Crippen LogP contribution in [0.25, 0.3) is 16.8 Å². The minimum absolute atomic E-state index is 0.176. The van der Waals surface area contributed by atoms with Gasteiger partial charge >= 0.3 is 5.97 Å². The Morgan fingerprint density at radius 3 is 2.51 bits per heavy atom. The quantitative estimate of drug-likeness (QED) is 0.147. The summed E-state index contributed by atoms with van der Waals surface area (Å²) in [5.74, 6) is 0.585. The molecule has 0 radical (unpaired) electrons. The van der Waals surface area contributed by atoms with Crippen molar-refractivity contribution in [2.24, 2.45) is 4.99 Å². The number of halogens is 4. The van der Waals surface area contributed by atoms with E-state index in [1.807, 2.05) is 54.6 Å². The van der Waals surface area contributed by atoms with Gasteiger partial charge in [-0.15, -0.1) is 0 Å². The normalized spacial score (nSPS) is 14.6. The second-order valence-corrected chi connectivity index (χ2v) is 14.1. The van der Waals surface area contributed by atoms with Gasteiger partial charge < -0.3 is 14.2 Å². The maximum Gasteiger partial charge on any atom is 0.338 e. The van der Waals surface area contributed by atoms with E-state index in [4.69, 9.17) is 42.4 Å². The van der Waals surface area contributed by atoms with Gasteiger partial charge in [0, 0.05) is 21.2 Å². The van der Waals surface area contributed by atoms with Crippen LogP contribution in [0.15, 0.2) is 96.7 Å². The lowest BCUT2D eigenvalue weighted by Crippen LogP contribution is -2.40. The molecule has 1 aromatic heterocycles. The van der Waals surface area contributed by atoms with Crippen molar-refractivity contribution >= 4 is 89.2 Å². The van der Waals surface area contributed by atoms with E-state index >= 15 is 0 Å². The predicted molar refractivity (Wildman–Crippen MR) is 194 cm³/mol. The zero-order valence-electron chi connectivity index (χ0n) is 25.3. The van der Waals surface area contributed by atoms with Gasteiger partial charge in [0.05, 0.1) is 38.5 Å². The summed E-state index contributed by atoms with van der Waals surface area (Å²) in [5.41, 5.74) is 2.68. The van der Waals surface area contributed by atoms with Crippen LogP contribution in [0.1, 0.15) is 36.6 Å². The smallest absolute Gasteiger partial charge is 0.338 e. The number of aromatic nitrogens is 1. The monoisotopic (exact) mass is 814 g/mol. The average Bonchev–Trinajstić information content (AvgIpc) is 3.34. The Morgan fingerprint density at radius 2 is 1.81 bits per heavy atom. The van der Waals surface area contributed by atoms with Crippen molar-refractivity contribution in [2.45, 2.75) is 26.5 Å². The van der Waals surface area contributed by atoms with E-state index in [0.29, 0.717) is 51.1 Å². The summed E-state index contributed by atoms with van der Waals surface area (Å²) in [7, 11) is 1.57. The van der Waals surface area contributed by atoms with Crippen LogP contribution < -0.4 is 24.4 Å². The number of carbonyl (C=O) groups is 1. The first-order valence-electron chi connectivity index (χ1n) is 14.4. The summed E-state index contributed by atoms with van der Waals surface area (Å²) in [5, 5.41) is 2.85. The molecule has 0 unspecified atom stereocenters. The molecule has 240 valence electrons. The van der Waals surface area contributed by atoms with Gasteiger partial charge in [0.2, 0.25) is 0 Å². The van der Waals surface area contributed by atoms with Gasteiger partial charge in [-0.05, 0) is 98.5 Å². The Bertz CT molecular complexity index is 2260. The van der Waals surface area contributed by atoms with E-state index < -0.39 is 12.0 Å². The average molecular weight is 817 g/mol. The van der Waals surface area contributed by atoms with Gasteiger partial charge in [0.25, 0.3) is 5.56 Å². The SMILES string of the molecule is CCOC(=O)C1=C(C)N=c2s/c(=C\c3cc(Br)c(OCc4ccc(Cl)cc4Cl)c(Br)c3)c(=O)n2[C@@H]1c1c(OC)ccc2ccccc12. The first-order valence-corrected chi connectivity index (χ1v) is 17.6. The van der Waals surface area contributed by atoms with E-state index in [9.17, 15) is 9.59 Å². The zero-order valence-corrected chi connectivity index (χ0v) is 30.8. The summed E-state index contributed by atoms with van der Waals surface area (Å²) in [4.78, 5) is 33.0. The van der Waals surface area contributed by atoms with Crippen LogP contribution >= 0.6 is 66.4 Å². The van der Waals surface area contributed by atoms with Crippen molar-refractivity contribution in [1.29, 1.82) is 0 Å². The van der Waals surface area contributed by atoms with E-state index in [1.54, 1.807) is 43.7 Å². The van der Waals surface area contributed by atoms with Crippen LogP contribution in [0.4, 0.5) is 0 Å². The number of methoxy groups -OCH3 is 1. The van der Waals surface area contributed by atoms with Crippen molar-refractivity contribution in [3.8, 4) is 11.5 Å². The lowest BCUT2D eigenvalue weighted by molar-refractivity contribution is -0.139. The zero-order chi connectivity index (χ0) is 33.4. The third-order valence-electron chi connectivity index (χ3n) is 7.65. The standard InChI is InChI=1S/C35H26Br2Cl2N2O5S/c1-4-45-34(43)29-18(2)40-35-41(31(29)30-23-8-6-5-7-20(23)10-12-27(30)44-3)33(42)28(47-35)15-19-13-24(36)32(25(37)14-19)46-17-21-9-11-22(38)16-26(21)39/h5-16,31H,4,17H2,1-3H3/b28-15-/t31-/m0/s1. The van der Waals surface area contributed by atoms with Gasteiger partial charge in [-0.3, -0.25) is 9.36 Å². The van der Waals surface area contributed by atoms with Gasteiger partial charge in [-0.1, -0.05) is 70.9 Å². The third-order valence-corrected chi connectivity index (χ3v) is 10.4. The second-order valence-electron chi connectivity index (χ2n) is 10.5. The molecule has 0 spiro atoms. The number of carbonyl (C=O) groups excluding carboxylic acids is 1. The van der Waals surface area contributed by atoms with Crippen LogP contribution in [0.2, 0.25) is 10.0 Å². The minimum Gasteiger partial charge on any atom is -0.496 e. The summed E-state index contributed by atoms with van der Waals surface area (Å²) in [6, 6.07) is 19.7. The molecule has 0 amide bonds. The first-order chi connectivity index (χ1) is 22.6. The Balaban J connectivity index is 1.47. The summed E-state index contributed by atoms with van der Waals surface area (Å²) >= 11 is 20.8. The molecule has 0 saturated carbocycles. The van der Waals surface area contributed by atoms with Crippen LogP contribution in [0, 0.1) is 0 Å². The molecule has 4 aromatic carbocycles. The molecular weight excluding hydrogens is 791 g/mol. The highest BCUT2D eigenvalue weighted by molar-refractivity contribution is 9.11. The summed E-state index contributed by atoms with van der Waals surface area (Å²) in [6.07, 6.45) is 1.79. The van der Waals surface area contributed by atoms with Crippen molar-refractivity contribution in [2.75, 3.05) is 13.7 Å². The topological polar surface area (TPSA) is 79.1 Å². The van der Waals surface area contributed by atoms with Crippen LogP contribution in [-0.2, 0) is 16.1 Å². The number of esters is 1. The van der Waals surface area contributed by atoms with Crippen molar-refractivity contribution in [1.82, 2.24) is 4.57 Å². The summed E-state index contributed by atoms with van der Waals surface area (Å²) < 4.78 is 20.8. The fourth-order valence-corrected chi connectivity index (χ4v) is 8.50. The molecule has 0 N–H and O–H groups in total. The molecule has 0 fully saturated rings. The number of fused-ring (bicyclic) bond motifs is 2. The summed E-state index contributed by atoms with van der Waals surface area (Å²) in [6.45, 7) is 3.91. The number of hydrogen-bond donors (Lipinski definition) is 0. The molecule has 6 rings (SSSR count). The number of rotatable bonds is 8. The number of thiazole rings is 1. The van der Waals surface area contributed by atoms with Gasteiger partial charge in [-0.25, -0.2) is 9.79 Å². The largest absolute Gasteiger partial charge is 0.496 e. The Kier molecular flexibility index (Phi) is 9.96. The molecular formula is C35H26Br2Cl2N2O5S. The lowest BCUT2D eigenvalue weighted by atomic mass is 9.90. The highest BCUT2D eigenvalue weighted by Gasteiger charge is 2.36. The molecule has 0 saturated heterocycles. The maximum absolute atomic E-state index is 14.3. The third kappa shape index (κ3) is 6.54. The molecule has 0 aliphatic carbocycles. The van der Waals surface area contributed by atoms with Gasteiger partial charge in [0.15, 0.2) is 4.80 Å². The second kappa shape index (κ2) is 14.0. The number of allylic oxidation sites excluding steroid dienone is 1. The van der Waals surface area contributed by atoms with E-state index in [0.717, 1.165) is 21.9 Å². The fraction of sp³-hybridized carbons (Fsp3) is 0.171. The van der Waals surface area contributed by atoms with E-state index in [-0.39, 0.29) is 24.3 Å². The maximum atomic E-state index is 14.3. The molecule has 47 heavy (non-hydrogen) atoms. The highest BCUT2D eigenvalue weighted by atomic mass is 79.9. The molecule has 0 bridgehead atoms. The van der Waals surface area contributed by atoms with E-state index in [1.165, 1.54) is 11.3 Å². The van der Waals surface area contributed by atoms with E-state index in [2.05, 4.69) is 31.9 Å². The number of hydrogen-bond acceptors (Lipinski definition) is 7. The number of ether oxygens (including phenoxy) is 3. The van der Waals surface area contributed by atoms with Gasteiger partial charge in [0.1, 0.15) is 24.1 Å². The van der Waals surface area contributed by atoms with Crippen LogP contribution in [-0.4, -0.2) is 24.3 Å². The Hall–Kier alpha value is -3.41. The molecule has 2 heterocycles. The predicted octanol–water partition coefficient (Wildman–Crippen LogP) is 8.37. The van der Waals surface area contributed by atoms with Crippen molar-refractivity contribution in [3.63, 3.8) is 0 Å². The molecule has 1 atom stereocenters. The van der Waals surface area contributed by atoms with Crippen molar-refractivity contribution < 1.29 is 19.0 Å². The molecule has 12 heteroatoms. The van der Waals surface area contributed by atoms with Crippen molar-refractivity contribution in [3.05, 3.63) is 133 Å². The van der Waals surface area contributed by atoms with Crippen LogP contribution in [0.3, 0.4) is 0 Å². The fourth-order valence-electron chi connectivity index (χ4n) is 5.54.